The van der Waals surface area contributed by atoms with Crippen molar-refractivity contribution in [2.24, 2.45) is 0 Å². The fourth-order valence-electron chi connectivity index (χ4n) is 3.60. The number of aryl methyl sites for hydroxylation is 1. The van der Waals surface area contributed by atoms with Gasteiger partial charge in [-0.3, -0.25) is 9.78 Å². The van der Waals surface area contributed by atoms with E-state index in [1.54, 1.807) is 6.20 Å². The summed E-state index contributed by atoms with van der Waals surface area (Å²) in [7, 11) is 0. The van der Waals surface area contributed by atoms with Gasteiger partial charge in [0.1, 0.15) is 11.1 Å². The minimum absolute atomic E-state index is 0.123. The molecule has 0 bridgehead atoms. The average Bonchev–Trinajstić information content (AvgIpc) is 2.73. The maximum absolute atomic E-state index is 13.0. The van der Waals surface area contributed by atoms with Gasteiger partial charge in [-0.25, -0.2) is 4.98 Å². The first-order valence-corrected chi connectivity index (χ1v) is 9.83. The van der Waals surface area contributed by atoms with E-state index in [1.165, 1.54) is 6.07 Å². The molecule has 2 N–H and O–H groups in total. The van der Waals surface area contributed by atoms with Gasteiger partial charge in [-0.15, -0.1) is 0 Å². The molecule has 1 aromatic carbocycles. The molecule has 3 heterocycles. The third-order valence-corrected chi connectivity index (χ3v) is 5.49. The molecule has 1 fully saturated rings. The molecule has 32 heavy (non-hydrogen) atoms. The van der Waals surface area contributed by atoms with Crippen molar-refractivity contribution in [1.82, 2.24) is 9.97 Å². The van der Waals surface area contributed by atoms with Crippen molar-refractivity contribution in [3.8, 4) is 11.1 Å². The molecule has 0 spiro atoms. The lowest BCUT2D eigenvalue weighted by molar-refractivity contribution is -0.141. The molecule has 4 rings (SSSR count). The molecule has 1 aliphatic heterocycles. The summed E-state index contributed by atoms with van der Waals surface area (Å²) in [5.41, 5.74) is 2.10. The van der Waals surface area contributed by atoms with Gasteiger partial charge in [0.15, 0.2) is 0 Å². The van der Waals surface area contributed by atoms with Crippen LogP contribution in [0.15, 0.2) is 54.9 Å². The van der Waals surface area contributed by atoms with Gasteiger partial charge in [0, 0.05) is 17.5 Å². The molecule has 1 saturated heterocycles. The van der Waals surface area contributed by atoms with Crippen LogP contribution in [0.2, 0.25) is 0 Å². The van der Waals surface area contributed by atoms with Crippen LogP contribution in [-0.4, -0.2) is 34.2 Å². The number of hydrogen-bond acceptors (Lipinski definition) is 5. The third kappa shape index (κ3) is 4.09. The maximum atomic E-state index is 13.0. The van der Waals surface area contributed by atoms with Gasteiger partial charge >= 0.3 is 6.18 Å². The summed E-state index contributed by atoms with van der Waals surface area (Å²) in [4.78, 5) is 20.7. The molecule has 0 atom stereocenters. The summed E-state index contributed by atoms with van der Waals surface area (Å²) in [6, 6.07) is 11.1. The van der Waals surface area contributed by atoms with Crippen LogP contribution >= 0.6 is 0 Å². The number of carbonyl (C=O) groups is 1. The Hall–Kier alpha value is -3.30. The number of nitrogens with zero attached hydrogens (tertiary/aromatic N) is 2. The largest absolute Gasteiger partial charge is 0.433 e. The van der Waals surface area contributed by atoms with E-state index in [4.69, 9.17) is 4.74 Å². The number of ether oxygens (including phenoxy) is 1. The summed E-state index contributed by atoms with van der Waals surface area (Å²) >= 11 is 0. The standard InChI is InChI=1S/C23H20F3N3O3/c1-14-8-16(11-30)19(10-27-14)15-2-4-17(5-3-15)22(12-32-13-22)21(31)29-18-6-7-20(28-9-18)23(24,25)26/h2-10,30H,11-13H2,1H3,(H,29,31). The Balaban J connectivity index is 1.56. The van der Waals surface area contributed by atoms with Gasteiger partial charge in [0.2, 0.25) is 5.91 Å². The minimum Gasteiger partial charge on any atom is -0.392 e. The number of aliphatic hydroxyl groups excluding tert-OH is 1. The number of nitrogens with one attached hydrogen (secondary N) is 1. The van der Waals surface area contributed by atoms with Crippen LogP contribution in [0.3, 0.4) is 0 Å². The maximum Gasteiger partial charge on any atom is 0.433 e. The lowest BCUT2D eigenvalue weighted by atomic mass is 9.77. The molecule has 166 valence electrons. The van der Waals surface area contributed by atoms with E-state index in [2.05, 4.69) is 15.3 Å². The highest BCUT2D eigenvalue weighted by Gasteiger charge is 2.47. The monoisotopic (exact) mass is 443 g/mol. The zero-order valence-electron chi connectivity index (χ0n) is 17.1. The molecule has 6 nitrogen and oxygen atoms in total. The SMILES string of the molecule is Cc1cc(CO)c(-c2ccc(C3(C(=O)Nc4ccc(C(F)(F)F)nc4)COC3)cc2)cn1. The van der Waals surface area contributed by atoms with Crippen LogP contribution in [0.5, 0.6) is 0 Å². The number of alkyl halides is 3. The molecule has 0 radical (unpaired) electrons. The number of hydrogen-bond donors (Lipinski definition) is 2. The quantitative estimate of drug-likeness (QED) is 0.626. The number of carbonyl (C=O) groups excluding carboxylic acids is 1. The van der Waals surface area contributed by atoms with Gasteiger partial charge in [-0.1, -0.05) is 24.3 Å². The Morgan fingerprint density at radius 1 is 1.12 bits per heavy atom. The van der Waals surface area contributed by atoms with Crippen molar-refractivity contribution < 1.29 is 27.8 Å². The van der Waals surface area contributed by atoms with E-state index in [0.717, 1.165) is 40.2 Å². The minimum atomic E-state index is -4.55. The van der Waals surface area contributed by atoms with Crippen molar-refractivity contribution in [3.63, 3.8) is 0 Å². The predicted octanol–water partition coefficient (Wildman–Crippen LogP) is 3.87. The van der Waals surface area contributed by atoms with Crippen LogP contribution in [0.25, 0.3) is 11.1 Å². The number of aromatic nitrogens is 2. The van der Waals surface area contributed by atoms with Crippen LogP contribution in [-0.2, 0) is 27.7 Å². The number of amides is 1. The first-order valence-electron chi connectivity index (χ1n) is 9.83. The van der Waals surface area contributed by atoms with E-state index < -0.39 is 17.3 Å². The number of anilines is 1. The fraction of sp³-hybridized carbons (Fsp3) is 0.261. The Labute approximate surface area is 182 Å². The molecule has 9 heteroatoms. The van der Waals surface area contributed by atoms with Crippen LogP contribution in [0.1, 0.15) is 22.5 Å². The van der Waals surface area contributed by atoms with E-state index >= 15 is 0 Å². The molecule has 1 aliphatic rings. The van der Waals surface area contributed by atoms with Gasteiger partial charge in [0.05, 0.1) is 31.7 Å². The lowest BCUT2D eigenvalue weighted by Crippen LogP contribution is -2.55. The summed E-state index contributed by atoms with van der Waals surface area (Å²) in [6.45, 7) is 2.03. The van der Waals surface area contributed by atoms with Gasteiger partial charge in [-0.2, -0.15) is 13.2 Å². The third-order valence-electron chi connectivity index (χ3n) is 5.49. The summed E-state index contributed by atoms with van der Waals surface area (Å²) < 4.78 is 43.4. The lowest BCUT2D eigenvalue weighted by Gasteiger charge is -2.40. The van der Waals surface area contributed by atoms with Gasteiger partial charge in [-0.05, 0) is 41.8 Å². The summed E-state index contributed by atoms with van der Waals surface area (Å²) in [6.07, 6.45) is -1.86. The summed E-state index contributed by atoms with van der Waals surface area (Å²) in [5, 5.41) is 12.3. The van der Waals surface area contributed by atoms with Crippen molar-refractivity contribution in [2.45, 2.75) is 25.1 Å². The second kappa shape index (κ2) is 8.33. The molecular weight excluding hydrogens is 423 g/mol. The molecule has 0 saturated carbocycles. The number of aliphatic hydroxyl groups is 1. The second-order valence-electron chi connectivity index (χ2n) is 7.68. The number of benzene rings is 1. The van der Waals surface area contributed by atoms with Crippen LogP contribution < -0.4 is 5.32 Å². The number of rotatable bonds is 5. The van der Waals surface area contributed by atoms with Gasteiger partial charge in [0.25, 0.3) is 0 Å². The molecule has 0 aliphatic carbocycles. The van der Waals surface area contributed by atoms with Crippen LogP contribution in [0, 0.1) is 6.92 Å². The molecule has 2 aromatic heterocycles. The van der Waals surface area contributed by atoms with E-state index in [0.29, 0.717) is 0 Å². The molecular formula is C23H20F3N3O3. The topological polar surface area (TPSA) is 84.3 Å². The molecule has 3 aromatic rings. The Bertz CT molecular complexity index is 1130. The Morgan fingerprint density at radius 3 is 2.38 bits per heavy atom. The number of halogens is 3. The van der Waals surface area contributed by atoms with Crippen molar-refractivity contribution in [3.05, 3.63) is 77.4 Å². The Morgan fingerprint density at radius 2 is 1.84 bits per heavy atom. The van der Waals surface area contributed by atoms with Gasteiger partial charge < -0.3 is 15.2 Å². The normalized spacial score (nSPS) is 15.2. The fourth-order valence-corrected chi connectivity index (χ4v) is 3.60. The zero-order chi connectivity index (χ0) is 22.9. The molecule has 1 amide bonds. The Kier molecular flexibility index (Phi) is 5.70. The smallest absolute Gasteiger partial charge is 0.392 e. The van der Waals surface area contributed by atoms with E-state index in [9.17, 15) is 23.1 Å². The average molecular weight is 443 g/mol. The highest BCUT2D eigenvalue weighted by Crippen LogP contribution is 2.36. The number of pyridine rings is 2. The highest BCUT2D eigenvalue weighted by molar-refractivity contribution is 6.00. The summed E-state index contributed by atoms with van der Waals surface area (Å²) in [5.74, 6) is -0.383. The zero-order valence-corrected chi connectivity index (χ0v) is 17.1. The van der Waals surface area contributed by atoms with Crippen LogP contribution in [0.4, 0.5) is 18.9 Å². The van der Waals surface area contributed by atoms with Crippen molar-refractivity contribution in [1.29, 1.82) is 0 Å². The highest BCUT2D eigenvalue weighted by atomic mass is 19.4. The van der Waals surface area contributed by atoms with Crippen molar-refractivity contribution in [2.75, 3.05) is 18.5 Å². The van der Waals surface area contributed by atoms with E-state index in [-0.39, 0.29) is 31.4 Å². The second-order valence-corrected chi connectivity index (χ2v) is 7.68. The van der Waals surface area contributed by atoms with Crippen molar-refractivity contribution >= 4 is 11.6 Å². The first-order chi connectivity index (χ1) is 15.2. The predicted molar refractivity (Wildman–Crippen MR) is 111 cm³/mol. The molecule has 0 unspecified atom stereocenters. The first kappa shape index (κ1) is 21.9. The van der Waals surface area contributed by atoms with E-state index in [1.807, 2.05) is 37.3 Å².